The second-order valence-corrected chi connectivity index (χ2v) is 7.92. The first-order chi connectivity index (χ1) is 12.2. The molecule has 0 spiro atoms. The number of hydrogen-bond acceptors (Lipinski definition) is 7. The molecule has 1 fully saturated rings. The topological polar surface area (TPSA) is 83.2 Å². The normalized spacial score (nSPS) is 20.0. The maximum atomic E-state index is 12.3. The van der Waals surface area contributed by atoms with E-state index in [9.17, 15) is 4.79 Å². The van der Waals surface area contributed by atoms with Crippen molar-refractivity contribution in [1.82, 2.24) is 20.3 Å². The largest absolute Gasteiger partial charge is 0.444 e. The Morgan fingerprint density at radius 2 is 2.12 bits per heavy atom. The molecule has 1 unspecified atom stereocenters. The summed E-state index contributed by atoms with van der Waals surface area (Å²) >= 11 is 0. The highest BCUT2D eigenvalue weighted by molar-refractivity contribution is 5.82. The predicted octanol–water partition coefficient (Wildman–Crippen LogP) is 1.71. The summed E-state index contributed by atoms with van der Waals surface area (Å²) in [7, 11) is 0. The summed E-state index contributed by atoms with van der Waals surface area (Å²) in [5, 5.41) is 7.42. The van der Waals surface area contributed by atoms with Crippen LogP contribution in [0.25, 0.3) is 0 Å². The Morgan fingerprint density at radius 3 is 2.77 bits per heavy atom. The lowest BCUT2D eigenvalue weighted by Gasteiger charge is -2.39. The van der Waals surface area contributed by atoms with Gasteiger partial charge in [0.2, 0.25) is 0 Å². The number of rotatable bonds is 3. The lowest BCUT2D eigenvalue weighted by atomic mass is 10.1. The lowest BCUT2D eigenvalue weighted by molar-refractivity contribution is 0.0137. The highest BCUT2D eigenvalue weighted by atomic mass is 16.6. The number of aromatic nitrogens is 1. The van der Waals surface area contributed by atoms with E-state index in [0.29, 0.717) is 19.6 Å². The Balaban J connectivity index is 1.49. The number of aryl methyl sites for hydroxylation is 2. The van der Waals surface area contributed by atoms with Gasteiger partial charge in [-0.05, 0) is 41.0 Å². The second-order valence-electron chi connectivity index (χ2n) is 7.92. The van der Waals surface area contributed by atoms with E-state index < -0.39 is 5.60 Å². The molecule has 1 aromatic heterocycles. The van der Waals surface area contributed by atoms with Crippen LogP contribution in [-0.2, 0) is 11.2 Å². The molecule has 0 aromatic carbocycles. The van der Waals surface area contributed by atoms with Gasteiger partial charge < -0.3 is 24.4 Å². The van der Waals surface area contributed by atoms with Gasteiger partial charge in [0.15, 0.2) is 5.96 Å². The Hall–Kier alpha value is -2.25. The van der Waals surface area contributed by atoms with Gasteiger partial charge in [-0.1, -0.05) is 5.16 Å². The molecule has 1 N–H and O–H groups in total. The number of fused-ring (bicyclic) bond motifs is 1. The van der Waals surface area contributed by atoms with E-state index in [1.54, 1.807) is 4.90 Å². The molecule has 2 aliphatic rings. The zero-order valence-corrected chi connectivity index (χ0v) is 16.3. The molecular weight excluding hydrogens is 334 g/mol. The van der Waals surface area contributed by atoms with Gasteiger partial charge in [0, 0.05) is 31.7 Å². The van der Waals surface area contributed by atoms with Crippen molar-refractivity contribution in [1.29, 1.82) is 0 Å². The van der Waals surface area contributed by atoms with Gasteiger partial charge in [0.25, 0.3) is 0 Å². The average Bonchev–Trinajstić information content (AvgIpc) is 3.10. The second kappa shape index (κ2) is 7.17. The third kappa shape index (κ3) is 4.11. The Kier molecular flexibility index (Phi) is 5.11. The Bertz CT molecular complexity index is 672. The maximum Gasteiger partial charge on any atom is 0.410 e. The van der Waals surface area contributed by atoms with Crippen molar-refractivity contribution in [2.24, 2.45) is 4.99 Å². The van der Waals surface area contributed by atoms with Gasteiger partial charge in [-0.2, -0.15) is 0 Å². The standard InChI is InChI=1S/C18H29N5O3/c1-12-15(13(2)26-21-12)6-7-19-16-20-10-14-11-22(8-9-23(14)16)17(24)25-18(3,4)5/h14H,6-11H2,1-5H3,(H,19,20). The van der Waals surface area contributed by atoms with Crippen LogP contribution in [0.3, 0.4) is 0 Å². The van der Waals surface area contributed by atoms with Crippen LogP contribution in [0.5, 0.6) is 0 Å². The van der Waals surface area contributed by atoms with Gasteiger partial charge in [-0.15, -0.1) is 0 Å². The quantitative estimate of drug-likeness (QED) is 0.880. The van der Waals surface area contributed by atoms with Gasteiger partial charge in [-0.3, -0.25) is 4.99 Å². The van der Waals surface area contributed by atoms with Crippen LogP contribution >= 0.6 is 0 Å². The van der Waals surface area contributed by atoms with Gasteiger partial charge in [0.05, 0.1) is 18.3 Å². The smallest absolute Gasteiger partial charge is 0.410 e. The van der Waals surface area contributed by atoms with Crippen molar-refractivity contribution in [3.8, 4) is 0 Å². The van der Waals surface area contributed by atoms with E-state index in [1.165, 1.54) is 0 Å². The lowest BCUT2D eigenvalue weighted by Crippen LogP contribution is -2.57. The SMILES string of the molecule is Cc1noc(C)c1CCNC1=NCC2CN(C(=O)OC(C)(C)C)CCN12. The van der Waals surface area contributed by atoms with E-state index in [-0.39, 0.29) is 12.1 Å². The van der Waals surface area contributed by atoms with Crippen molar-refractivity contribution in [2.45, 2.75) is 52.7 Å². The fourth-order valence-corrected chi connectivity index (χ4v) is 3.38. The monoisotopic (exact) mass is 363 g/mol. The maximum absolute atomic E-state index is 12.3. The number of amides is 1. The molecule has 1 aromatic rings. The fraction of sp³-hybridized carbons (Fsp3) is 0.722. The van der Waals surface area contributed by atoms with Crippen LogP contribution in [0.4, 0.5) is 4.79 Å². The minimum Gasteiger partial charge on any atom is -0.444 e. The summed E-state index contributed by atoms with van der Waals surface area (Å²) in [4.78, 5) is 20.9. The van der Waals surface area contributed by atoms with Crippen LogP contribution in [0.15, 0.2) is 9.52 Å². The number of guanidine groups is 1. The van der Waals surface area contributed by atoms with Crippen molar-refractivity contribution in [3.05, 3.63) is 17.0 Å². The summed E-state index contributed by atoms with van der Waals surface area (Å²) in [5.41, 5.74) is 1.63. The summed E-state index contributed by atoms with van der Waals surface area (Å²) in [6.45, 7) is 13.1. The minimum atomic E-state index is -0.467. The fourth-order valence-electron chi connectivity index (χ4n) is 3.38. The van der Waals surface area contributed by atoms with Crippen molar-refractivity contribution >= 4 is 12.1 Å². The van der Waals surface area contributed by atoms with Crippen LogP contribution in [0, 0.1) is 13.8 Å². The molecule has 8 nitrogen and oxygen atoms in total. The van der Waals surface area contributed by atoms with Gasteiger partial charge in [0.1, 0.15) is 11.4 Å². The van der Waals surface area contributed by atoms with E-state index in [4.69, 9.17) is 9.26 Å². The molecule has 3 rings (SSSR count). The summed E-state index contributed by atoms with van der Waals surface area (Å²) in [6, 6.07) is 0.220. The van der Waals surface area contributed by atoms with Crippen LogP contribution in [-0.4, -0.2) is 71.4 Å². The molecule has 26 heavy (non-hydrogen) atoms. The first-order valence-corrected chi connectivity index (χ1v) is 9.19. The zero-order valence-electron chi connectivity index (χ0n) is 16.3. The third-order valence-electron chi connectivity index (χ3n) is 4.70. The average molecular weight is 363 g/mol. The Morgan fingerprint density at radius 1 is 1.35 bits per heavy atom. The molecule has 2 aliphatic heterocycles. The molecule has 8 heteroatoms. The highest BCUT2D eigenvalue weighted by Crippen LogP contribution is 2.19. The molecule has 0 bridgehead atoms. The van der Waals surface area contributed by atoms with Crippen molar-refractivity contribution < 1.29 is 14.1 Å². The highest BCUT2D eigenvalue weighted by Gasteiger charge is 2.36. The number of hydrogen-bond donors (Lipinski definition) is 1. The summed E-state index contributed by atoms with van der Waals surface area (Å²) in [6.07, 6.45) is 0.611. The summed E-state index contributed by atoms with van der Waals surface area (Å²) in [5.74, 6) is 1.80. The predicted molar refractivity (Wildman–Crippen MR) is 98.3 cm³/mol. The summed E-state index contributed by atoms with van der Waals surface area (Å²) < 4.78 is 10.7. The van der Waals surface area contributed by atoms with Crippen LogP contribution in [0.2, 0.25) is 0 Å². The number of aliphatic imine (C=N–C) groups is 1. The number of nitrogens with zero attached hydrogens (tertiary/aromatic N) is 4. The van der Waals surface area contributed by atoms with E-state index in [1.807, 2.05) is 34.6 Å². The van der Waals surface area contributed by atoms with E-state index in [2.05, 4.69) is 20.4 Å². The number of carbonyl (C=O) groups excluding carboxylic acids is 1. The van der Waals surface area contributed by atoms with Crippen LogP contribution < -0.4 is 5.32 Å². The van der Waals surface area contributed by atoms with Crippen LogP contribution in [0.1, 0.15) is 37.8 Å². The minimum absolute atomic E-state index is 0.220. The molecule has 1 saturated heterocycles. The number of carbonyl (C=O) groups is 1. The van der Waals surface area contributed by atoms with E-state index in [0.717, 1.165) is 42.5 Å². The molecule has 0 radical (unpaired) electrons. The molecule has 0 aliphatic carbocycles. The third-order valence-corrected chi connectivity index (χ3v) is 4.70. The zero-order chi connectivity index (χ0) is 18.9. The Labute approximate surface area is 154 Å². The van der Waals surface area contributed by atoms with Gasteiger partial charge in [-0.25, -0.2) is 4.79 Å². The molecule has 1 amide bonds. The van der Waals surface area contributed by atoms with Crippen molar-refractivity contribution in [3.63, 3.8) is 0 Å². The molecule has 1 atom stereocenters. The van der Waals surface area contributed by atoms with E-state index >= 15 is 0 Å². The molecule has 144 valence electrons. The molecule has 3 heterocycles. The van der Waals surface area contributed by atoms with Gasteiger partial charge >= 0.3 is 6.09 Å². The molecular formula is C18H29N5O3. The first kappa shape index (κ1) is 18.5. The number of nitrogens with one attached hydrogen (secondary N) is 1. The number of piperazine rings is 1. The number of ether oxygens (including phenoxy) is 1. The molecule has 0 saturated carbocycles. The first-order valence-electron chi connectivity index (χ1n) is 9.19. The van der Waals surface area contributed by atoms with Crippen molar-refractivity contribution in [2.75, 3.05) is 32.7 Å².